The Labute approximate surface area is 168 Å². The summed E-state index contributed by atoms with van der Waals surface area (Å²) in [5.41, 5.74) is 14.6. The van der Waals surface area contributed by atoms with Crippen molar-refractivity contribution >= 4 is 0 Å². The minimum Gasteiger partial charge on any atom is -0.593 e. The average molecular weight is 399 g/mol. The van der Waals surface area contributed by atoms with Crippen LogP contribution < -0.4 is 5.73 Å². The summed E-state index contributed by atoms with van der Waals surface area (Å²) in [4.78, 5) is 0. The molecule has 123 valence electrons. The van der Waals surface area contributed by atoms with Crippen LogP contribution in [0.1, 0.15) is 29.2 Å². The van der Waals surface area contributed by atoms with Gasteiger partial charge in [0.1, 0.15) is 5.82 Å². The van der Waals surface area contributed by atoms with Gasteiger partial charge in [-0.3, -0.25) is 0 Å². The van der Waals surface area contributed by atoms with Crippen LogP contribution in [0.15, 0.2) is 60.8 Å². The third kappa shape index (κ3) is 4.51. The molecule has 2 aromatic carbocycles. The first-order valence-electron chi connectivity index (χ1n) is 7.86. The summed E-state index contributed by atoms with van der Waals surface area (Å²) in [7, 11) is 0. The summed E-state index contributed by atoms with van der Waals surface area (Å²) in [5, 5.41) is 2.10. The van der Waals surface area contributed by atoms with Crippen molar-refractivity contribution in [3.8, 4) is 0 Å². The van der Waals surface area contributed by atoms with Gasteiger partial charge in [-0.1, -0.05) is 43.0 Å². The van der Waals surface area contributed by atoms with Gasteiger partial charge in [0.2, 0.25) is 0 Å². The van der Waals surface area contributed by atoms with Crippen molar-refractivity contribution < 1.29 is 37.1 Å². The molecule has 0 aromatic heterocycles. The maximum Gasteiger partial charge on any atom is 0.123 e. The third-order valence-corrected chi connectivity index (χ3v) is 4.16. The topological polar surface area (TPSA) is 43.4 Å². The monoisotopic (exact) mass is 399 g/mol. The van der Waals surface area contributed by atoms with Crippen LogP contribution in [0.2, 0.25) is 0 Å². The zero-order valence-electron chi connectivity index (χ0n) is 13.7. The van der Waals surface area contributed by atoms with Gasteiger partial charge in [0.05, 0.1) is 0 Å². The predicted octanol–water partition coefficient (Wildman–Crippen LogP) is 3.92. The maximum atomic E-state index is 13.3. The number of fused-ring (bicyclic) bond motifs is 1. The van der Waals surface area contributed by atoms with Gasteiger partial charge in [0.25, 0.3) is 0 Å². The van der Waals surface area contributed by atoms with Gasteiger partial charge in [-0.15, -0.1) is 6.54 Å². The molecule has 1 heterocycles. The fourth-order valence-corrected chi connectivity index (χ4v) is 3.02. The van der Waals surface area contributed by atoms with E-state index in [4.69, 9.17) is 11.2 Å². The van der Waals surface area contributed by atoms with E-state index >= 15 is 0 Å². The molecule has 24 heavy (non-hydrogen) atoms. The molecule has 1 aliphatic heterocycles. The molecule has 2 aromatic rings. The van der Waals surface area contributed by atoms with E-state index in [-0.39, 0.29) is 44.6 Å². The molecule has 3 rings (SSSR count). The molecule has 0 bridgehead atoms. The molecular weight excluding hydrogens is 378 g/mol. The molecule has 0 spiro atoms. The van der Waals surface area contributed by atoms with Crippen molar-refractivity contribution in [1.82, 2.24) is 5.01 Å². The van der Waals surface area contributed by atoms with Crippen molar-refractivity contribution in [3.05, 3.63) is 88.7 Å². The smallest absolute Gasteiger partial charge is 0.123 e. The van der Waals surface area contributed by atoms with Crippen LogP contribution in [-0.2, 0) is 39.1 Å². The minimum atomic E-state index is -0.222. The second-order valence-corrected chi connectivity index (χ2v) is 5.84. The Kier molecular flexibility index (Phi) is 7.11. The first kappa shape index (κ1) is 19.3. The third-order valence-electron chi connectivity index (χ3n) is 4.16. The Bertz CT molecular complexity index is 687. The maximum absolute atomic E-state index is 13.3. The first-order valence-corrected chi connectivity index (χ1v) is 7.86. The number of nitrogens with zero attached hydrogens (tertiary/aromatic N) is 2. The molecule has 1 radical (unpaired) electrons. The quantitative estimate of drug-likeness (QED) is 0.828. The predicted molar refractivity (Wildman–Crippen MR) is 91.3 cm³/mol. The van der Waals surface area contributed by atoms with Crippen LogP contribution in [0.5, 0.6) is 0 Å². The van der Waals surface area contributed by atoms with Gasteiger partial charge in [-0.05, 0) is 53.9 Å². The normalized spacial score (nSPS) is 17.0. The Morgan fingerprint density at radius 1 is 1.21 bits per heavy atom. The Morgan fingerprint density at radius 3 is 2.62 bits per heavy atom. The largest absolute Gasteiger partial charge is 0.593 e. The van der Waals surface area contributed by atoms with Crippen molar-refractivity contribution in [3.63, 3.8) is 0 Å². The summed E-state index contributed by atoms with van der Waals surface area (Å²) in [6.07, 6.45) is 1.63. The summed E-state index contributed by atoms with van der Waals surface area (Å²) in [6, 6.07) is 15.1. The van der Waals surface area contributed by atoms with E-state index < -0.39 is 0 Å². The van der Waals surface area contributed by atoms with Crippen molar-refractivity contribution in [1.29, 1.82) is 0 Å². The number of rotatable bonds is 5. The zero-order chi connectivity index (χ0) is 16.2. The molecule has 0 saturated heterocycles. The summed E-state index contributed by atoms with van der Waals surface area (Å²) in [6.45, 7) is 5.18. The number of hydrogen-bond acceptors (Lipinski definition) is 2. The SMILES string of the molecule is C=C(N)CC[N-]N1CCc2ccccc2[C@@H]1c1ccc(F)cc1.[Y]. The van der Waals surface area contributed by atoms with Crippen LogP contribution in [0.4, 0.5) is 4.39 Å². The summed E-state index contributed by atoms with van der Waals surface area (Å²) in [5.74, 6) is -0.222. The van der Waals surface area contributed by atoms with Gasteiger partial charge >= 0.3 is 0 Å². The van der Waals surface area contributed by atoms with Crippen LogP contribution in [0.25, 0.3) is 5.43 Å². The van der Waals surface area contributed by atoms with Gasteiger partial charge in [0.15, 0.2) is 0 Å². The number of halogens is 1. The van der Waals surface area contributed by atoms with Gasteiger partial charge < -0.3 is 16.2 Å². The molecule has 0 aliphatic carbocycles. The molecular formula is C19H21FN3Y-. The van der Waals surface area contributed by atoms with Gasteiger partial charge in [0, 0.05) is 38.8 Å². The fourth-order valence-electron chi connectivity index (χ4n) is 3.02. The molecule has 3 nitrogen and oxygen atoms in total. The molecule has 1 aliphatic rings. The van der Waals surface area contributed by atoms with E-state index in [0.717, 1.165) is 18.5 Å². The Balaban J connectivity index is 0.00000208. The van der Waals surface area contributed by atoms with E-state index in [1.54, 1.807) is 0 Å². The molecule has 2 N–H and O–H groups in total. The molecule has 0 saturated carbocycles. The van der Waals surface area contributed by atoms with Crippen LogP contribution in [0.3, 0.4) is 0 Å². The van der Waals surface area contributed by atoms with Crippen molar-refractivity contribution in [2.75, 3.05) is 13.1 Å². The van der Waals surface area contributed by atoms with Crippen LogP contribution in [-0.4, -0.2) is 18.1 Å². The molecule has 0 amide bonds. The molecule has 5 heteroatoms. The summed E-state index contributed by atoms with van der Waals surface area (Å²) >= 11 is 0. The Hall–Kier alpha value is -1.07. The fraction of sp³-hybridized carbons (Fsp3) is 0.263. The number of benzene rings is 2. The average Bonchev–Trinajstić information content (AvgIpc) is 2.55. The second-order valence-electron chi connectivity index (χ2n) is 5.84. The van der Waals surface area contributed by atoms with E-state index in [1.807, 2.05) is 18.2 Å². The number of hydrogen-bond donors (Lipinski definition) is 1. The van der Waals surface area contributed by atoms with E-state index in [0.29, 0.717) is 18.7 Å². The van der Waals surface area contributed by atoms with E-state index in [1.165, 1.54) is 23.3 Å². The Morgan fingerprint density at radius 2 is 1.92 bits per heavy atom. The van der Waals surface area contributed by atoms with Crippen LogP contribution in [0, 0.1) is 5.82 Å². The standard InChI is InChI=1S/C19H21FN3.Y/c1-14(21)10-12-22-23-13-11-15-4-2-3-5-18(15)19(23)16-6-8-17(20)9-7-16;/h2-9,19H,1,10-13,21H2;/q-1;/t19-;/m0./s1. The number of nitrogens with two attached hydrogens (primary N) is 1. The van der Waals surface area contributed by atoms with Gasteiger partial charge in [-0.2, -0.15) is 0 Å². The van der Waals surface area contributed by atoms with E-state index in [2.05, 4.69) is 29.8 Å². The van der Waals surface area contributed by atoms with Crippen LogP contribution >= 0.6 is 0 Å². The summed E-state index contributed by atoms with van der Waals surface area (Å²) < 4.78 is 13.3. The molecule has 0 fully saturated rings. The molecule has 0 unspecified atom stereocenters. The zero-order valence-corrected chi connectivity index (χ0v) is 16.5. The minimum absolute atomic E-state index is 0. The second kappa shape index (κ2) is 8.86. The first-order chi connectivity index (χ1) is 11.1. The molecule has 1 atom stereocenters. The van der Waals surface area contributed by atoms with Crippen molar-refractivity contribution in [2.24, 2.45) is 5.73 Å². The van der Waals surface area contributed by atoms with Crippen molar-refractivity contribution in [2.45, 2.75) is 18.9 Å². The van der Waals surface area contributed by atoms with Gasteiger partial charge in [-0.25, -0.2) is 4.39 Å². The van der Waals surface area contributed by atoms with E-state index in [9.17, 15) is 4.39 Å².